The first kappa shape index (κ1) is 10.0. The van der Waals surface area contributed by atoms with E-state index in [9.17, 15) is 0 Å². The predicted molar refractivity (Wildman–Crippen MR) is 62.1 cm³/mol. The van der Waals surface area contributed by atoms with Gasteiger partial charge in [0.1, 0.15) is 0 Å². The fraction of sp³-hybridized carbons (Fsp3) is 0.714. The van der Waals surface area contributed by atoms with E-state index in [4.69, 9.17) is 0 Å². The van der Waals surface area contributed by atoms with Gasteiger partial charge in [-0.2, -0.15) is 0 Å². The van der Waals surface area contributed by atoms with E-state index in [2.05, 4.69) is 32.1 Å². The molecule has 0 saturated heterocycles. The first-order valence-corrected chi connectivity index (χ1v) is 6.15. The molecule has 0 aromatic rings. The van der Waals surface area contributed by atoms with Crippen LogP contribution in [0.1, 0.15) is 46.0 Å². The van der Waals surface area contributed by atoms with Crippen LogP contribution >= 0.6 is 0 Å². The first-order chi connectivity index (χ1) is 6.79. The summed E-state index contributed by atoms with van der Waals surface area (Å²) in [6, 6.07) is 0. The molecule has 78 valence electrons. The average molecular weight is 190 g/mol. The molecule has 0 radical (unpaired) electrons. The maximum absolute atomic E-state index is 2.43. The van der Waals surface area contributed by atoms with Crippen molar-refractivity contribution in [1.29, 1.82) is 0 Å². The van der Waals surface area contributed by atoms with E-state index in [1.807, 2.05) is 0 Å². The third-order valence-corrected chi connectivity index (χ3v) is 3.97. The smallest absolute Gasteiger partial charge is 0.0171 e. The van der Waals surface area contributed by atoms with Crippen LogP contribution in [0.15, 0.2) is 23.8 Å². The molecule has 3 unspecified atom stereocenters. The van der Waals surface area contributed by atoms with Crippen molar-refractivity contribution < 1.29 is 0 Å². The van der Waals surface area contributed by atoms with Crippen molar-refractivity contribution >= 4 is 0 Å². The maximum Gasteiger partial charge on any atom is -0.0171 e. The van der Waals surface area contributed by atoms with E-state index >= 15 is 0 Å². The lowest BCUT2D eigenvalue weighted by Gasteiger charge is -2.16. The molecule has 0 heteroatoms. The highest BCUT2D eigenvalue weighted by Gasteiger charge is 2.32. The molecule has 1 saturated carbocycles. The second-order valence-corrected chi connectivity index (χ2v) is 5.10. The van der Waals surface area contributed by atoms with Gasteiger partial charge in [0.2, 0.25) is 0 Å². The van der Waals surface area contributed by atoms with Gasteiger partial charge in [0.25, 0.3) is 0 Å². The summed E-state index contributed by atoms with van der Waals surface area (Å²) in [6.07, 6.45) is 14.0. The molecule has 2 aliphatic carbocycles. The van der Waals surface area contributed by atoms with Crippen LogP contribution in [0.4, 0.5) is 0 Å². The van der Waals surface area contributed by atoms with E-state index in [0.29, 0.717) is 0 Å². The van der Waals surface area contributed by atoms with Gasteiger partial charge in [0.15, 0.2) is 0 Å². The van der Waals surface area contributed by atoms with Gasteiger partial charge in [-0.15, -0.1) is 0 Å². The minimum Gasteiger partial charge on any atom is -0.0845 e. The van der Waals surface area contributed by atoms with Crippen LogP contribution in [-0.4, -0.2) is 0 Å². The highest BCUT2D eigenvalue weighted by atomic mass is 14.4. The van der Waals surface area contributed by atoms with Crippen molar-refractivity contribution in [1.82, 2.24) is 0 Å². The molecule has 0 bridgehead atoms. The molecule has 0 heterocycles. The van der Waals surface area contributed by atoms with E-state index in [0.717, 1.165) is 17.8 Å². The van der Waals surface area contributed by atoms with Crippen molar-refractivity contribution in [3.05, 3.63) is 23.8 Å². The van der Waals surface area contributed by atoms with Crippen LogP contribution in [0.25, 0.3) is 0 Å². The molecule has 2 aliphatic rings. The van der Waals surface area contributed by atoms with Crippen molar-refractivity contribution in [2.24, 2.45) is 17.8 Å². The number of hydrogen-bond acceptors (Lipinski definition) is 0. The van der Waals surface area contributed by atoms with Gasteiger partial charge in [0, 0.05) is 0 Å². The zero-order chi connectivity index (χ0) is 9.97. The third kappa shape index (κ3) is 1.94. The molecular formula is C14H22. The van der Waals surface area contributed by atoms with E-state index in [1.54, 1.807) is 5.57 Å². The molecule has 14 heavy (non-hydrogen) atoms. The summed E-state index contributed by atoms with van der Waals surface area (Å²) in [6.45, 7) is 4.83. The lowest BCUT2D eigenvalue weighted by Crippen LogP contribution is -2.05. The summed E-state index contributed by atoms with van der Waals surface area (Å²) in [5.74, 6) is 2.65. The van der Waals surface area contributed by atoms with Crippen molar-refractivity contribution in [3.8, 4) is 0 Å². The Hall–Kier alpha value is -0.520. The molecule has 0 aliphatic heterocycles. The Balaban J connectivity index is 2.19. The Morgan fingerprint density at radius 3 is 2.93 bits per heavy atom. The predicted octanol–water partition coefficient (Wildman–Crippen LogP) is 4.34. The molecular weight excluding hydrogens is 168 g/mol. The van der Waals surface area contributed by atoms with Crippen LogP contribution < -0.4 is 0 Å². The first-order valence-electron chi connectivity index (χ1n) is 6.15. The molecule has 0 nitrogen and oxygen atoms in total. The zero-order valence-electron chi connectivity index (χ0n) is 9.50. The van der Waals surface area contributed by atoms with Crippen LogP contribution in [0.2, 0.25) is 0 Å². The summed E-state index contributed by atoms with van der Waals surface area (Å²) in [5.41, 5.74) is 1.73. The highest BCUT2D eigenvalue weighted by molar-refractivity contribution is 5.22. The van der Waals surface area contributed by atoms with Crippen molar-refractivity contribution in [3.63, 3.8) is 0 Å². The van der Waals surface area contributed by atoms with Crippen LogP contribution in [-0.2, 0) is 0 Å². The molecule has 2 rings (SSSR count). The second-order valence-electron chi connectivity index (χ2n) is 5.10. The van der Waals surface area contributed by atoms with Crippen molar-refractivity contribution in [2.45, 2.75) is 46.0 Å². The third-order valence-electron chi connectivity index (χ3n) is 3.97. The number of rotatable bonds is 0. The standard InChI is InChI=1S/C14H22/c1-11-10-12(2)14-9-7-5-3-4-6-8-13(11)14/h4,6,8,11-12,14H,3,5,7,9-10H2,1-2H3/b6-4+,13-8?. The summed E-state index contributed by atoms with van der Waals surface area (Å²) in [7, 11) is 0. The number of hydrogen-bond donors (Lipinski definition) is 0. The fourth-order valence-corrected chi connectivity index (χ4v) is 3.19. The van der Waals surface area contributed by atoms with Crippen LogP contribution in [0.3, 0.4) is 0 Å². The SMILES string of the molecule is CC1CC(C)C2CCCC/C=C/C=C12. The van der Waals surface area contributed by atoms with E-state index in [1.165, 1.54) is 32.1 Å². The Morgan fingerprint density at radius 2 is 2.07 bits per heavy atom. The average Bonchev–Trinajstić information content (AvgIpc) is 2.48. The lowest BCUT2D eigenvalue weighted by molar-refractivity contribution is 0.413. The van der Waals surface area contributed by atoms with Gasteiger partial charge in [-0.25, -0.2) is 0 Å². The summed E-state index contributed by atoms with van der Waals surface area (Å²) in [5, 5.41) is 0. The Morgan fingerprint density at radius 1 is 1.21 bits per heavy atom. The van der Waals surface area contributed by atoms with Gasteiger partial charge < -0.3 is 0 Å². The molecule has 0 N–H and O–H groups in total. The van der Waals surface area contributed by atoms with Crippen LogP contribution in [0, 0.1) is 17.8 Å². The molecule has 3 atom stereocenters. The molecule has 0 spiro atoms. The topological polar surface area (TPSA) is 0 Å². The van der Waals surface area contributed by atoms with E-state index < -0.39 is 0 Å². The largest absolute Gasteiger partial charge is 0.0845 e. The molecule has 1 fully saturated rings. The maximum atomic E-state index is 2.43. The van der Waals surface area contributed by atoms with Gasteiger partial charge in [-0.3, -0.25) is 0 Å². The Kier molecular flexibility index (Phi) is 3.10. The van der Waals surface area contributed by atoms with Crippen molar-refractivity contribution in [2.75, 3.05) is 0 Å². The number of fused-ring (bicyclic) bond motifs is 1. The lowest BCUT2D eigenvalue weighted by atomic mass is 9.89. The normalized spacial score (nSPS) is 40.4. The summed E-state index contributed by atoms with van der Waals surface area (Å²) >= 11 is 0. The van der Waals surface area contributed by atoms with E-state index in [-0.39, 0.29) is 0 Å². The van der Waals surface area contributed by atoms with Gasteiger partial charge in [0.05, 0.1) is 0 Å². The van der Waals surface area contributed by atoms with Gasteiger partial charge in [-0.1, -0.05) is 44.1 Å². The summed E-state index contributed by atoms with van der Waals surface area (Å²) < 4.78 is 0. The molecule has 0 amide bonds. The molecule has 0 aromatic heterocycles. The second kappa shape index (κ2) is 4.33. The van der Waals surface area contributed by atoms with Gasteiger partial charge in [-0.05, 0) is 43.4 Å². The summed E-state index contributed by atoms with van der Waals surface area (Å²) in [4.78, 5) is 0. The number of allylic oxidation sites excluding steroid dienone is 4. The van der Waals surface area contributed by atoms with Gasteiger partial charge >= 0.3 is 0 Å². The Labute approximate surface area is 88.1 Å². The fourth-order valence-electron chi connectivity index (χ4n) is 3.19. The minimum atomic E-state index is 0.831. The highest BCUT2D eigenvalue weighted by Crippen LogP contribution is 2.43. The monoisotopic (exact) mass is 190 g/mol. The zero-order valence-corrected chi connectivity index (χ0v) is 9.50. The Bertz CT molecular complexity index is 247. The molecule has 0 aromatic carbocycles. The quantitative estimate of drug-likeness (QED) is 0.533. The minimum absolute atomic E-state index is 0.831. The van der Waals surface area contributed by atoms with Crippen LogP contribution in [0.5, 0.6) is 0 Å².